The van der Waals surface area contributed by atoms with E-state index >= 15 is 0 Å². The van der Waals surface area contributed by atoms with Crippen LogP contribution in [0.5, 0.6) is 0 Å². The molecule has 2 aromatic heterocycles. The third-order valence-corrected chi connectivity index (χ3v) is 4.25. The summed E-state index contributed by atoms with van der Waals surface area (Å²) < 4.78 is 14.5. The van der Waals surface area contributed by atoms with Gasteiger partial charge < -0.3 is 9.47 Å². The number of rotatable bonds is 2. The van der Waals surface area contributed by atoms with Crippen LogP contribution in [0.25, 0.3) is 5.65 Å². The minimum atomic E-state index is -0.375. The fourth-order valence-electron chi connectivity index (χ4n) is 3.07. The summed E-state index contributed by atoms with van der Waals surface area (Å²) in [4.78, 5) is 14.5. The molecule has 2 fully saturated rings. The van der Waals surface area contributed by atoms with Gasteiger partial charge in [0.05, 0.1) is 19.9 Å². The molecule has 4 rings (SSSR count). The van der Waals surface area contributed by atoms with Gasteiger partial charge in [0, 0.05) is 32.1 Å². The standard InChI is InChI=1S/C14H18N4O3/c19-13-17-6-2-1-3-12(17)15-18(13)11-16-7-4-14(5-8-16)20-9-10-21-14/h1-3,6H,4-5,7-11H2. The highest BCUT2D eigenvalue weighted by molar-refractivity contribution is 5.35. The minimum absolute atomic E-state index is 0.0979. The molecule has 21 heavy (non-hydrogen) atoms. The number of fused-ring (bicyclic) bond motifs is 1. The van der Waals surface area contributed by atoms with Gasteiger partial charge in [-0.15, -0.1) is 5.10 Å². The SMILES string of the molecule is O=c1n(CN2CCC3(CC2)OCCO3)nc2ccccn12. The Balaban J connectivity index is 1.48. The number of pyridine rings is 1. The van der Waals surface area contributed by atoms with Gasteiger partial charge in [-0.1, -0.05) is 6.07 Å². The summed E-state index contributed by atoms with van der Waals surface area (Å²) in [5, 5.41) is 4.36. The van der Waals surface area contributed by atoms with Crippen molar-refractivity contribution in [2.75, 3.05) is 26.3 Å². The van der Waals surface area contributed by atoms with Crippen molar-refractivity contribution in [1.29, 1.82) is 0 Å². The smallest absolute Gasteiger partial charge is 0.347 e. The van der Waals surface area contributed by atoms with Gasteiger partial charge in [-0.25, -0.2) is 4.79 Å². The van der Waals surface area contributed by atoms with Gasteiger partial charge in [-0.05, 0) is 12.1 Å². The van der Waals surface area contributed by atoms with E-state index in [0.717, 1.165) is 25.9 Å². The first kappa shape index (κ1) is 13.0. The van der Waals surface area contributed by atoms with Gasteiger partial charge in [0.15, 0.2) is 11.4 Å². The highest BCUT2D eigenvalue weighted by atomic mass is 16.7. The van der Waals surface area contributed by atoms with E-state index in [4.69, 9.17) is 9.47 Å². The van der Waals surface area contributed by atoms with E-state index in [1.165, 1.54) is 4.68 Å². The number of nitrogens with zero attached hydrogens (tertiary/aromatic N) is 4. The molecule has 7 nitrogen and oxygen atoms in total. The molecule has 0 atom stereocenters. The van der Waals surface area contributed by atoms with Gasteiger partial charge in [0.2, 0.25) is 0 Å². The zero-order valence-electron chi connectivity index (χ0n) is 11.8. The Labute approximate surface area is 121 Å². The Bertz CT molecular complexity index is 692. The van der Waals surface area contributed by atoms with Crippen LogP contribution in [-0.4, -0.2) is 51.2 Å². The van der Waals surface area contributed by atoms with Crippen molar-refractivity contribution in [3.8, 4) is 0 Å². The molecule has 0 radical (unpaired) electrons. The Morgan fingerprint density at radius 1 is 1.19 bits per heavy atom. The van der Waals surface area contributed by atoms with Gasteiger partial charge >= 0.3 is 5.69 Å². The molecule has 2 saturated heterocycles. The normalized spacial score (nSPS) is 22.3. The second kappa shape index (κ2) is 4.94. The third-order valence-electron chi connectivity index (χ3n) is 4.25. The zero-order chi connectivity index (χ0) is 14.3. The first-order valence-corrected chi connectivity index (χ1v) is 7.30. The predicted octanol–water partition coefficient (Wildman–Crippen LogP) is 0.292. The lowest BCUT2D eigenvalue weighted by atomic mass is 10.0. The zero-order valence-corrected chi connectivity index (χ0v) is 11.8. The lowest BCUT2D eigenvalue weighted by molar-refractivity contribution is -0.187. The van der Waals surface area contributed by atoms with Crippen LogP contribution in [0.3, 0.4) is 0 Å². The van der Waals surface area contributed by atoms with Crippen LogP contribution in [-0.2, 0) is 16.1 Å². The molecule has 0 unspecified atom stereocenters. The van der Waals surface area contributed by atoms with Crippen molar-refractivity contribution in [2.24, 2.45) is 0 Å². The van der Waals surface area contributed by atoms with Gasteiger partial charge in [0.25, 0.3) is 0 Å². The first-order chi connectivity index (χ1) is 10.3. The number of aromatic nitrogens is 3. The monoisotopic (exact) mass is 290 g/mol. The van der Waals surface area contributed by atoms with Gasteiger partial charge in [-0.3, -0.25) is 9.30 Å². The summed E-state index contributed by atoms with van der Waals surface area (Å²) in [6.07, 6.45) is 3.43. The van der Waals surface area contributed by atoms with Crippen molar-refractivity contribution in [3.63, 3.8) is 0 Å². The number of piperidine rings is 1. The third kappa shape index (κ3) is 2.27. The largest absolute Gasteiger partial charge is 0.351 e. The van der Waals surface area contributed by atoms with E-state index in [2.05, 4.69) is 10.00 Å². The molecular weight excluding hydrogens is 272 g/mol. The van der Waals surface area contributed by atoms with Crippen molar-refractivity contribution in [2.45, 2.75) is 25.3 Å². The van der Waals surface area contributed by atoms with Crippen LogP contribution < -0.4 is 5.69 Å². The average Bonchev–Trinajstić information content (AvgIpc) is 3.09. The van der Waals surface area contributed by atoms with Crippen LogP contribution in [0, 0.1) is 0 Å². The second-order valence-electron chi connectivity index (χ2n) is 5.58. The van der Waals surface area contributed by atoms with Crippen LogP contribution >= 0.6 is 0 Å². The maximum atomic E-state index is 12.2. The molecule has 7 heteroatoms. The Kier molecular flexibility index (Phi) is 3.06. The average molecular weight is 290 g/mol. The van der Waals surface area contributed by atoms with Crippen LogP contribution in [0.15, 0.2) is 29.2 Å². The van der Waals surface area contributed by atoms with Crippen molar-refractivity contribution in [1.82, 2.24) is 19.1 Å². The van der Waals surface area contributed by atoms with Crippen molar-refractivity contribution >= 4 is 5.65 Å². The van der Waals surface area contributed by atoms with E-state index < -0.39 is 0 Å². The number of ether oxygens (including phenoxy) is 2. The van der Waals surface area contributed by atoms with Gasteiger partial charge in [-0.2, -0.15) is 4.68 Å². The maximum Gasteiger partial charge on any atom is 0.351 e. The molecule has 2 aromatic rings. The van der Waals surface area contributed by atoms with Crippen LogP contribution in [0.2, 0.25) is 0 Å². The van der Waals surface area contributed by atoms with E-state index in [1.54, 1.807) is 10.6 Å². The van der Waals surface area contributed by atoms with E-state index in [0.29, 0.717) is 25.5 Å². The summed E-state index contributed by atoms with van der Waals surface area (Å²) in [6, 6.07) is 5.55. The molecule has 0 amide bonds. The summed E-state index contributed by atoms with van der Waals surface area (Å²) in [5.41, 5.74) is 0.581. The summed E-state index contributed by atoms with van der Waals surface area (Å²) >= 11 is 0. The molecule has 0 N–H and O–H groups in total. The highest BCUT2D eigenvalue weighted by Crippen LogP contribution is 2.31. The molecule has 0 aliphatic carbocycles. The summed E-state index contributed by atoms with van der Waals surface area (Å²) in [7, 11) is 0. The number of hydrogen-bond acceptors (Lipinski definition) is 5. The van der Waals surface area contributed by atoms with Crippen molar-refractivity contribution in [3.05, 3.63) is 34.9 Å². The second-order valence-corrected chi connectivity index (χ2v) is 5.58. The Morgan fingerprint density at radius 3 is 2.67 bits per heavy atom. The number of hydrogen-bond donors (Lipinski definition) is 0. The molecule has 2 aliphatic heterocycles. The fraction of sp³-hybridized carbons (Fsp3) is 0.571. The number of likely N-dealkylation sites (tertiary alicyclic amines) is 1. The highest BCUT2D eigenvalue weighted by Gasteiger charge is 2.39. The predicted molar refractivity (Wildman–Crippen MR) is 74.9 cm³/mol. The van der Waals surface area contributed by atoms with E-state index in [9.17, 15) is 4.79 Å². The van der Waals surface area contributed by atoms with Crippen molar-refractivity contribution < 1.29 is 9.47 Å². The molecular formula is C14H18N4O3. The Hall–Kier alpha value is -1.70. The quantitative estimate of drug-likeness (QED) is 0.796. The molecule has 2 aliphatic rings. The molecule has 0 aromatic carbocycles. The molecule has 0 saturated carbocycles. The topological polar surface area (TPSA) is 61.0 Å². The Morgan fingerprint density at radius 2 is 1.95 bits per heavy atom. The van der Waals surface area contributed by atoms with E-state index in [-0.39, 0.29) is 11.5 Å². The molecule has 4 heterocycles. The minimum Gasteiger partial charge on any atom is -0.347 e. The summed E-state index contributed by atoms with van der Waals surface area (Å²) in [6.45, 7) is 3.58. The maximum absolute atomic E-state index is 12.2. The van der Waals surface area contributed by atoms with Gasteiger partial charge in [0.1, 0.15) is 0 Å². The lowest BCUT2D eigenvalue weighted by Crippen LogP contribution is -2.46. The molecule has 0 bridgehead atoms. The lowest BCUT2D eigenvalue weighted by Gasteiger charge is -2.37. The van der Waals surface area contributed by atoms with E-state index in [1.807, 2.05) is 18.2 Å². The molecule has 112 valence electrons. The van der Waals surface area contributed by atoms with Crippen LogP contribution in [0.4, 0.5) is 0 Å². The first-order valence-electron chi connectivity index (χ1n) is 7.30. The molecule has 1 spiro atoms. The van der Waals surface area contributed by atoms with Crippen LogP contribution in [0.1, 0.15) is 12.8 Å². The fourth-order valence-corrected chi connectivity index (χ4v) is 3.07. The summed E-state index contributed by atoms with van der Waals surface area (Å²) in [5.74, 6) is -0.375.